The van der Waals surface area contributed by atoms with Gasteiger partial charge in [-0.2, -0.15) is 13.2 Å². The Bertz CT molecular complexity index is 445. The number of nitrogens with zero attached hydrogens (tertiary/aromatic N) is 1. The summed E-state index contributed by atoms with van der Waals surface area (Å²) in [6, 6.07) is 10.1. The van der Waals surface area contributed by atoms with Crippen LogP contribution in [-0.4, -0.2) is 24.4 Å². The summed E-state index contributed by atoms with van der Waals surface area (Å²) < 4.78 is 35.9. The first-order valence-corrected chi connectivity index (χ1v) is 7.49. The molecule has 20 heavy (non-hydrogen) atoms. The number of hydrogen-bond acceptors (Lipinski definition) is 3. The van der Waals surface area contributed by atoms with Crippen LogP contribution in [0.25, 0.3) is 0 Å². The van der Waals surface area contributed by atoms with E-state index in [0.717, 1.165) is 11.7 Å². The van der Waals surface area contributed by atoms with Gasteiger partial charge in [-0.25, -0.2) is 0 Å². The zero-order valence-electron chi connectivity index (χ0n) is 11.0. The van der Waals surface area contributed by atoms with E-state index >= 15 is 0 Å². The lowest BCUT2D eigenvalue weighted by atomic mass is 10.1. The van der Waals surface area contributed by atoms with Crippen LogP contribution in [0.1, 0.15) is 30.1 Å². The largest absolute Gasteiger partial charge is 0.389 e. The second-order valence-corrected chi connectivity index (χ2v) is 5.85. The fourth-order valence-corrected chi connectivity index (χ4v) is 3.01. The van der Waals surface area contributed by atoms with Gasteiger partial charge in [0.25, 0.3) is 0 Å². The molecule has 1 aromatic carbocycles. The molecule has 1 atom stereocenters. The smallest absolute Gasteiger partial charge is 0.365 e. The van der Waals surface area contributed by atoms with Crippen LogP contribution >= 0.6 is 11.8 Å². The molecular formula is C14H17F3N2S. The molecule has 1 aromatic rings. The number of amidine groups is 1. The Morgan fingerprint density at radius 1 is 1.20 bits per heavy atom. The highest BCUT2D eigenvalue weighted by Gasteiger charge is 2.26. The minimum atomic E-state index is -4.04. The molecule has 0 aliphatic carbocycles. The fourth-order valence-electron chi connectivity index (χ4n) is 1.96. The zero-order chi connectivity index (χ0) is 14.4. The molecule has 0 spiro atoms. The predicted octanol–water partition coefficient (Wildman–Crippen LogP) is 4.15. The molecule has 1 heterocycles. The molecule has 0 fully saturated rings. The Balaban J connectivity index is 1.64. The van der Waals surface area contributed by atoms with Crippen molar-refractivity contribution in [3.8, 4) is 0 Å². The third-order valence-corrected chi connectivity index (χ3v) is 4.19. The fraction of sp³-hybridized carbons (Fsp3) is 0.500. The van der Waals surface area contributed by atoms with Gasteiger partial charge in [-0.05, 0) is 18.4 Å². The van der Waals surface area contributed by atoms with Gasteiger partial charge in [-0.3, -0.25) is 4.99 Å². The van der Waals surface area contributed by atoms with E-state index in [1.165, 1.54) is 5.56 Å². The standard InChI is InChI=1S/C14H17F3N2S/c15-14(16,17)8-4-5-9-18-13-19-10-12(20-13)11-6-2-1-3-7-11/h1-3,6-7,12H,4-5,8-10H2,(H,18,19). The summed E-state index contributed by atoms with van der Waals surface area (Å²) >= 11 is 1.64. The summed E-state index contributed by atoms with van der Waals surface area (Å²) in [5, 5.41) is 4.27. The maximum Gasteiger partial charge on any atom is 0.389 e. The van der Waals surface area contributed by atoms with Crippen molar-refractivity contribution in [2.75, 3.05) is 13.1 Å². The van der Waals surface area contributed by atoms with Crippen molar-refractivity contribution in [3.63, 3.8) is 0 Å². The molecule has 1 aliphatic rings. The van der Waals surface area contributed by atoms with Crippen molar-refractivity contribution < 1.29 is 13.2 Å². The van der Waals surface area contributed by atoms with Crippen LogP contribution in [0.15, 0.2) is 35.3 Å². The maximum atomic E-state index is 12.0. The van der Waals surface area contributed by atoms with Gasteiger partial charge in [-0.1, -0.05) is 42.1 Å². The monoisotopic (exact) mass is 302 g/mol. The Morgan fingerprint density at radius 3 is 2.65 bits per heavy atom. The lowest BCUT2D eigenvalue weighted by Gasteiger charge is -2.09. The number of alkyl halides is 3. The number of hydrogen-bond donors (Lipinski definition) is 1. The first-order valence-electron chi connectivity index (χ1n) is 6.61. The lowest BCUT2D eigenvalue weighted by molar-refractivity contribution is -0.135. The molecule has 2 nitrogen and oxygen atoms in total. The molecule has 0 bridgehead atoms. The lowest BCUT2D eigenvalue weighted by Crippen LogP contribution is -2.20. The molecule has 1 N–H and O–H groups in total. The summed E-state index contributed by atoms with van der Waals surface area (Å²) in [5.41, 5.74) is 1.23. The molecule has 0 radical (unpaired) electrons. The summed E-state index contributed by atoms with van der Waals surface area (Å²) in [6.45, 7) is 1.27. The van der Waals surface area contributed by atoms with Crippen molar-refractivity contribution in [1.82, 2.24) is 5.32 Å². The average Bonchev–Trinajstić information content (AvgIpc) is 2.87. The number of unbranched alkanes of at least 4 members (excludes halogenated alkanes) is 1. The molecule has 1 aliphatic heterocycles. The summed E-state index contributed by atoms with van der Waals surface area (Å²) in [4.78, 5) is 4.39. The van der Waals surface area contributed by atoms with Gasteiger partial charge in [0.15, 0.2) is 5.17 Å². The quantitative estimate of drug-likeness (QED) is 0.826. The van der Waals surface area contributed by atoms with Gasteiger partial charge in [0.1, 0.15) is 0 Å². The van der Waals surface area contributed by atoms with Gasteiger partial charge in [-0.15, -0.1) is 0 Å². The number of nitrogens with one attached hydrogen (secondary N) is 1. The second-order valence-electron chi connectivity index (χ2n) is 4.66. The van der Waals surface area contributed by atoms with Crippen LogP contribution < -0.4 is 5.32 Å². The van der Waals surface area contributed by atoms with E-state index in [2.05, 4.69) is 22.4 Å². The molecule has 0 saturated heterocycles. The Hall–Kier alpha value is -1.17. The van der Waals surface area contributed by atoms with Crippen molar-refractivity contribution >= 4 is 16.9 Å². The molecule has 2 rings (SSSR count). The van der Waals surface area contributed by atoms with E-state index in [0.29, 0.717) is 18.2 Å². The van der Waals surface area contributed by atoms with Gasteiger partial charge in [0.05, 0.1) is 11.8 Å². The topological polar surface area (TPSA) is 24.4 Å². The van der Waals surface area contributed by atoms with Crippen LogP contribution in [0.3, 0.4) is 0 Å². The number of thioether (sulfide) groups is 1. The van der Waals surface area contributed by atoms with E-state index in [-0.39, 0.29) is 6.42 Å². The summed E-state index contributed by atoms with van der Waals surface area (Å²) in [6.07, 6.45) is -4.08. The highest BCUT2D eigenvalue weighted by molar-refractivity contribution is 8.14. The number of aliphatic imine (C=N–C) groups is 1. The highest BCUT2D eigenvalue weighted by Crippen LogP contribution is 2.34. The SMILES string of the molecule is FC(F)(F)CCCCNC1=NCC(c2ccccc2)S1. The Morgan fingerprint density at radius 2 is 1.95 bits per heavy atom. The van der Waals surface area contributed by atoms with E-state index < -0.39 is 12.6 Å². The third-order valence-electron chi connectivity index (χ3n) is 2.99. The van der Waals surface area contributed by atoms with Crippen LogP contribution in [0.5, 0.6) is 0 Å². The molecule has 0 aromatic heterocycles. The highest BCUT2D eigenvalue weighted by atomic mass is 32.2. The summed E-state index contributed by atoms with van der Waals surface area (Å²) in [5.74, 6) is 0. The van der Waals surface area contributed by atoms with Gasteiger partial charge < -0.3 is 5.32 Å². The van der Waals surface area contributed by atoms with Crippen molar-refractivity contribution in [3.05, 3.63) is 35.9 Å². The number of rotatable bonds is 5. The molecule has 110 valence electrons. The van der Waals surface area contributed by atoms with Crippen molar-refractivity contribution in [1.29, 1.82) is 0 Å². The first kappa shape index (κ1) is 15.2. The van der Waals surface area contributed by atoms with E-state index in [1.807, 2.05) is 18.2 Å². The van der Waals surface area contributed by atoms with E-state index in [9.17, 15) is 13.2 Å². The van der Waals surface area contributed by atoms with E-state index in [1.54, 1.807) is 11.8 Å². The predicted molar refractivity (Wildman–Crippen MR) is 77.0 cm³/mol. The van der Waals surface area contributed by atoms with Gasteiger partial charge >= 0.3 is 6.18 Å². The number of halogens is 3. The van der Waals surface area contributed by atoms with Crippen LogP contribution in [-0.2, 0) is 0 Å². The molecule has 0 saturated carbocycles. The average molecular weight is 302 g/mol. The molecular weight excluding hydrogens is 285 g/mol. The maximum absolute atomic E-state index is 12.0. The molecule has 0 amide bonds. The van der Waals surface area contributed by atoms with Crippen molar-refractivity contribution in [2.45, 2.75) is 30.7 Å². The van der Waals surface area contributed by atoms with Gasteiger partial charge in [0.2, 0.25) is 0 Å². The van der Waals surface area contributed by atoms with Crippen molar-refractivity contribution in [2.24, 2.45) is 4.99 Å². The minimum Gasteiger partial charge on any atom is -0.365 e. The Labute approximate surface area is 120 Å². The normalized spacial score (nSPS) is 18.9. The summed E-state index contributed by atoms with van der Waals surface area (Å²) in [7, 11) is 0. The van der Waals surface area contributed by atoms with Gasteiger partial charge in [0, 0.05) is 13.0 Å². The molecule has 6 heteroatoms. The molecule has 1 unspecified atom stereocenters. The third kappa shape index (κ3) is 5.07. The van der Waals surface area contributed by atoms with Crippen LogP contribution in [0.4, 0.5) is 13.2 Å². The van der Waals surface area contributed by atoms with Crippen LogP contribution in [0.2, 0.25) is 0 Å². The Kier molecular flexibility index (Phi) is 5.34. The first-order chi connectivity index (χ1) is 9.54. The zero-order valence-corrected chi connectivity index (χ0v) is 11.8. The van der Waals surface area contributed by atoms with Crippen LogP contribution in [0, 0.1) is 0 Å². The second kappa shape index (κ2) is 7.02. The number of benzene rings is 1. The van der Waals surface area contributed by atoms with E-state index in [4.69, 9.17) is 0 Å². The minimum absolute atomic E-state index is 0.163.